The van der Waals surface area contributed by atoms with Crippen LogP contribution in [0.1, 0.15) is 92.6 Å². The fraction of sp³-hybridized carbons (Fsp3) is 0.462. The third kappa shape index (κ3) is 5.46. The molecule has 36 heavy (non-hydrogen) atoms. The van der Waals surface area contributed by atoms with E-state index in [0.29, 0.717) is 23.1 Å². The van der Waals surface area contributed by atoms with Gasteiger partial charge in [0.2, 0.25) is 5.91 Å². The Kier molecular flexibility index (Phi) is 7.09. The van der Waals surface area contributed by atoms with Gasteiger partial charge >= 0.3 is 5.97 Å². The zero-order valence-electron chi connectivity index (χ0n) is 19.6. The van der Waals surface area contributed by atoms with Crippen LogP contribution in [0.25, 0.3) is 11.5 Å². The number of carbonyl (C=O) groups excluding carboxylic acids is 1. The fourth-order valence-corrected chi connectivity index (χ4v) is 5.22. The van der Waals surface area contributed by atoms with Crippen LogP contribution in [-0.4, -0.2) is 27.3 Å². The minimum absolute atomic E-state index is 0.0290. The Morgan fingerprint density at radius 3 is 2.58 bits per heavy atom. The van der Waals surface area contributed by atoms with Gasteiger partial charge in [0, 0.05) is 36.3 Å². The first-order chi connectivity index (χ1) is 17.4. The molecule has 1 aromatic carbocycles. The number of halogens is 2. The van der Waals surface area contributed by atoms with E-state index in [1.807, 2.05) is 6.07 Å². The number of amides is 1. The molecule has 3 aromatic rings. The Labute approximate surface area is 212 Å². The molecule has 190 valence electrons. The van der Waals surface area contributed by atoms with Gasteiger partial charge in [-0.15, -0.1) is 0 Å². The predicted molar refractivity (Wildman–Crippen MR) is 129 cm³/mol. The molecule has 2 heterocycles. The van der Waals surface area contributed by atoms with Crippen molar-refractivity contribution in [2.45, 2.75) is 75.5 Å². The molecule has 1 amide bonds. The van der Waals surface area contributed by atoms with E-state index in [9.17, 15) is 19.1 Å². The highest BCUT2D eigenvalue weighted by Crippen LogP contribution is 2.49. The molecule has 0 saturated heterocycles. The molecule has 2 aliphatic carbocycles. The molecule has 2 saturated carbocycles. The number of hydrogen-bond donors (Lipinski definition) is 2. The third-order valence-corrected chi connectivity index (χ3v) is 7.30. The van der Waals surface area contributed by atoms with Crippen molar-refractivity contribution in [3.8, 4) is 11.5 Å². The van der Waals surface area contributed by atoms with Crippen molar-refractivity contribution in [3.05, 3.63) is 52.1 Å². The second kappa shape index (κ2) is 10.4. The molecule has 1 atom stereocenters. The summed E-state index contributed by atoms with van der Waals surface area (Å²) in [6.07, 6.45) is 6.48. The van der Waals surface area contributed by atoms with Crippen LogP contribution in [0.3, 0.4) is 0 Å². The number of aliphatic carboxylic acids is 1. The maximum Gasteiger partial charge on any atom is 0.303 e. The number of hydrogen-bond acceptors (Lipinski definition) is 6. The van der Waals surface area contributed by atoms with Crippen molar-refractivity contribution in [1.82, 2.24) is 10.3 Å². The number of nitrogens with zero attached hydrogens (tertiary/aromatic N) is 2. The SMILES string of the molecule is O=C(O)CC[C@@H](CC(=O)Nc1ccc(F)cc1Cl)c1noc(-c2cc(C3CCCC3)on2)c1C1CC1. The summed E-state index contributed by atoms with van der Waals surface area (Å²) in [6.45, 7) is 0. The molecule has 10 heteroatoms. The molecule has 8 nitrogen and oxygen atoms in total. The highest BCUT2D eigenvalue weighted by Gasteiger charge is 2.37. The van der Waals surface area contributed by atoms with Crippen molar-refractivity contribution in [2.24, 2.45) is 0 Å². The number of benzene rings is 1. The van der Waals surface area contributed by atoms with E-state index in [1.165, 1.54) is 25.0 Å². The summed E-state index contributed by atoms with van der Waals surface area (Å²) in [7, 11) is 0. The lowest BCUT2D eigenvalue weighted by Gasteiger charge is -2.16. The van der Waals surface area contributed by atoms with Crippen molar-refractivity contribution in [1.29, 1.82) is 0 Å². The molecule has 0 unspecified atom stereocenters. The van der Waals surface area contributed by atoms with Crippen LogP contribution in [-0.2, 0) is 9.59 Å². The first-order valence-electron chi connectivity index (χ1n) is 12.3. The fourth-order valence-electron chi connectivity index (χ4n) is 5.00. The zero-order valence-corrected chi connectivity index (χ0v) is 20.4. The lowest BCUT2D eigenvalue weighted by molar-refractivity contribution is -0.137. The molecular formula is C26H27ClFN3O5. The Balaban J connectivity index is 1.41. The summed E-state index contributed by atoms with van der Waals surface area (Å²) >= 11 is 6.05. The van der Waals surface area contributed by atoms with Gasteiger partial charge in [-0.2, -0.15) is 0 Å². The van der Waals surface area contributed by atoms with Crippen LogP contribution in [0.5, 0.6) is 0 Å². The highest BCUT2D eigenvalue weighted by atomic mass is 35.5. The maximum absolute atomic E-state index is 13.4. The molecule has 2 N–H and O–H groups in total. The first kappa shape index (κ1) is 24.5. The Hall–Kier alpha value is -3.20. The van der Waals surface area contributed by atoms with E-state index in [0.717, 1.165) is 43.1 Å². The number of carbonyl (C=O) groups is 2. The lowest BCUT2D eigenvalue weighted by atomic mass is 9.90. The Bertz CT molecular complexity index is 1260. The zero-order chi connectivity index (χ0) is 25.2. The van der Waals surface area contributed by atoms with Gasteiger partial charge in [-0.1, -0.05) is 34.8 Å². The van der Waals surface area contributed by atoms with E-state index in [1.54, 1.807) is 0 Å². The van der Waals surface area contributed by atoms with Gasteiger partial charge in [0.1, 0.15) is 11.6 Å². The Morgan fingerprint density at radius 1 is 1.11 bits per heavy atom. The molecule has 5 rings (SSSR count). The summed E-state index contributed by atoms with van der Waals surface area (Å²) in [4.78, 5) is 24.3. The van der Waals surface area contributed by atoms with E-state index in [4.69, 9.17) is 20.6 Å². The van der Waals surface area contributed by atoms with Gasteiger partial charge in [-0.05, 0) is 56.2 Å². The van der Waals surface area contributed by atoms with Gasteiger partial charge in [-0.25, -0.2) is 4.39 Å². The summed E-state index contributed by atoms with van der Waals surface area (Å²) in [6, 6.07) is 5.63. The second-order valence-corrected chi connectivity index (χ2v) is 10.1. The second-order valence-electron chi connectivity index (χ2n) is 9.69. The van der Waals surface area contributed by atoms with Gasteiger partial charge in [0.05, 0.1) is 16.4 Å². The summed E-state index contributed by atoms with van der Waals surface area (Å²) in [5, 5.41) is 20.7. The van der Waals surface area contributed by atoms with Crippen LogP contribution in [0.4, 0.5) is 10.1 Å². The van der Waals surface area contributed by atoms with Crippen molar-refractivity contribution in [3.63, 3.8) is 0 Å². The van der Waals surface area contributed by atoms with Gasteiger partial charge in [0.15, 0.2) is 11.5 Å². The third-order valence-electron chi connectivity index (χ3n) is 6.99. The highest BCUT2D eigenvalue weighted by molar-refractivity contribution is 6.33. The largest absolute Gasteiger partial charge is 0.481 e. The van der Waals surface area contributed by atoms with Crippen LogP contribution in [0.15, 0.2) is 33.3 Å². The van der Waals surface area contributed by atoms with Crippen LogP contribution >= 0.6 is 11.6 Å². The van der Waals surface area contributed by atoms with Gasteiger partial charge in [-0.3, -0.25) is 9.59 Å². The van der Waals surface area contributed by atoms with E-state index < -0.39 is 17.7 Å². The first-order valence-corrected chi connectivity index (χ1v) is 12.7. The average molecular weight is 516 g/mol. The molecule has 0 radical (unpaired) electrons. The maximum atomic E-state index is 13.4. The molecular weight excluding hydrogens is 489 g/mol. The average Bonchev–Trinajstić information content (AvgIpc) is 3.22. The number of aromatic nitrogens is 2. The van der Waals surface area contributed by atoms with Crippen molar-refractivity contribution < 1.29 is 28.1 Å². The normalized spacial score (nSPS) is 16.8. The van der Waals surface area contributed by atoms with Crippen LogP contribution in [0.2, 0.25) is 5.02 Å². The molecule has 2 fully saturated rings. The Morgan fingerprint density at radius 2 is 1.89 bits per heavy atom. The van der Waals surface area contributed by atoms with E-state index in [-0.39, 0.29) is 41.8 Å². The molecule has 2 aromatic heterocycles. The topological polar surface area (TPSA) is 118 Å². The summed E-state index contributed by atoms with van der Waals surface area (Å²) in [5.74, 6) is -0.382. The van der Waals surface area contributed by atoms with Crippen LogP contribution in [0, 0.1) is 5.82 Å². The van der Waals surface area contributed by atoms with E-state index in [2.05, 4.69) is 15.6 Å². The molecule has 2 aliphatic rings. The van der Waals surface area contributed by atoms with Gasteiger partial charge < -0.3 is 19.5 Å². The standard InChI is InChI=1S/C26H27ClFN3O5/c27-18-12-17(28)8-9-19(18)29-22(32)11-16(7-10-23(33)34)25-24(15-5-6-15)26(36-31-25)20-13-21(35-30-20)14-3-1-2-4-14/h8-9,12-16H,1-7,10-11H2,(H,29,32)(H,33,34)/t16-/m0/s1. The lowest BCUT2D eigenvalue weighted by Crippen LogP contribution is -2.18. The predicted octanol–water partition coefficient (Wildman–Crippen LogP) is 6.63. The minimum Gasteiger partial charge on any atom is -0.481 e. The summed E-state index contributed by atoms with van der Waals surface area (Å²) < 4.78 is 24.8. The van der Waals surface area contributed by atoms with E-state index >= 15 is 0 Å². The smallest absolute Gasteiger partial charge is 0.303 e. The van der Waals surface area contributed by atoms with Crippen molar-refractivity contribution >= 4 is 29.2 Å². The summed E-state index contributed by atoms with van der Waals surface area (Å²) in [5.41, 5.74) is 2.33. The van der Waals surface area contributed by atoms with Crippen LogP contribution < -0.4 is 5.32 Å². The quantitative estimate of drug-likeness (QED) is 0.311. The number of nitrogens with one attached hydrogen (secondary N) is 1. The minimum atomic E-state index is -0.962. The molecule has 0 aliphatic heterocycles. The molecule has 0 bridgehead atoms. The van der Waals surface area contributed by atoms with Gasteiger partial charge in [0.25, 0.3) is 0 Å². The van der Waals surface area contributed by atoms with Crippen molar-refractivity contribution in [2.75, 3.05) is 5.32 Å². The number of rotatable bonds is 10. The number of anilines is 1. The number of carboxylic acids is 1. The monoisotopic (exact) mass is 515 g/mol. The molecule has 0 spiro atoms. The number of carboxylic acid groups (broad SMARTS) is 1.